The van der Waals surface area contributed by atoms with Crippen molar-refractivity contribution < 1.29 is 24.2 Å². The number of aliphatic hydroxyl groups is 1. The minimum Gasteiger partial charge on any atom is -0.464 e. The second-order valence-corrected chi connectivity index (χ2v) is 7.56. The van der Waals surface area contributed by atoms with Crippen LogP contribution >= 0.6 is 0 Å². The number of nitrogens with one attached hydrogen (secondary N) is 2. The number of amides is 2. The van der Waals surface area contributed by atoms with Gasteiger partial charge in [0.15, 0.2) is 0 Å². The minimum absolute atomic E-state index is 0.198. The van der Waals surface area contributed by atoms with Gasteiger partial charge < -0.3 is 20.5 Å². The lowest BCUT2D eigenvalue weighted by Crippen LogP contribution is -2.48. The zero-order valence-corrected chi connectivity index (χ0v) is 16.2. The number of hydrogen-bond donors (Lipinski definition) is 3. The second kappa shape index (κ2) is 9.88. The molecule has 2 aliphatic rings. The van der Waals surface area contributed by atoms with Crippen LogP contribution in [0.2, 0.25) is 0 Å². The lowest BCUT2D eigenvalue weighted by atomic mass is 9.93. The first-order valence-corrected chi connectivity index (χ1v) is 9.99. The van der Waals surface area contributed by atoms with Crippen LogP contribution in [-0.2, 0) is 19.1 Å². The van der Waals surface area contributed by atoms with Crippen LogP contribution < -0.4 is 10.6 Å². The molecule has 7 heteroatoms. The number of esters is 1. The first kappa shape index (κ1) is 21.4. The summed E-state index contributed by atoms with van der Waals surface area (Å²) in [5.74, 6) is -2.14. The fourth-order valence-corrected chi connectivity index (χ4v) is 3.63. The van der Waals surface area contributed by atoms with Gasteiger partial charge in [0.05, 0.1) is 24.5 Å². The zero-order valence-electron chi connectivity index (χ0n) is 16.2. The number of hydrogen-bond acceptors (Lipinski definition) is 5. The molecular weight excluding hydrogens is 348 g/mol. The van der Waals surface area contributed by atoms with Crippen LogP contribution in [0.3, 0.4) is 0 Å². The molecule has 3 atom stereocenters. The number of aliphatic hydroxyl groups excluding tert-OH is 1. The Bertz CT molecular complexity index is 559. The van der Waals surface area contributed by atoms with Gasteiger partial charge in [-0.3, -0.25) is 9.59 Å². The fourth-order valence-electron chi connectivity index (χ4n) is 3.63. The van der Waals surface area contributed by atoms with E-state index in [1.807, 2.05) is 6.08 Å². The molecule has 0 saturated heterocycles. The molecule has 7 nitrogen and oxygen atoms in total. The fraction of sp³-hybridized carbons (Fsp3) is 0.750. The van der Waals surface area contributed by atoms with Crippen molar-refractivity contribution >= 4 is 17.8 Å². The van der Waals surface area contributed by atoms with Crippen molar-refractivity contribution in [3.63, 3.8) is 0 Å². The summed E-state index contributed by atoms with van der Waals surface area (Å²) < 4.78 is 5.03. The zero-order chi connectivity index (χ0) is 19.9. The standard InChI is InChI=1S/C20H32N2O5/c1-3-5-6-7-8-11-21-17(24)15-12-14(23)13-16(15)18(25)22-20(9-10-20)19(26)27-4-2/h3,14-16,23H,1,4-13H2,2H3,(H,21,24)(H,22,25)/t14-,15-,16-/m1/s1. The summed E-state index contributed by atoms with van der Waals surface area (Å²) in [5, 5.41) is 15.6. The number of unbranched alkanes of at least 4 members (excludes halogenated alkanes) is 3. The summed E-state index contributed by atoms with van der Waals surface area (Å²) in [5.41, 5.74) is -0.938. The molecule has 2 rings (SSSR count). The molecule has 3 N–H and O–H groups in total. The highest BCUT2D eigenvalue weighted by Gasteiger charge is 2.54. The average Bonchev–Trinajstić information content (AvgIpc) is 3.31. The van der Waals surface area contributed by atoms with E-state index < -0.39 is 29.4 Å². The Morgan fingerprint density at radius 2 is 1.81 bits per heavy atom. The molecule has 0 radical (unpaired) electrons. The van der Waals surface area contributed by atoms with E-state index in [0.29, 0.717) is 19.4 Å². The summed E-state index contributed by atoms with van der Waals surface area (Å²) in [7, 11) is 0. The monoisotopic (exact) mass is 380 g/mol. The van der Waals surface area contributed by atoms with Crippen molar-refractivity contribution in [2.24, 2.45) is 11.8 Å². The van der Waals surface area contributed by atoms with Gasteiger partial charge in [-0.15, -0.1) is 6.58 Å². The quantitative estimate of drug-likeness (QED) is 0.286. The summed E-state index contributed by atoms with van der Waals surface area (Å²) >= 11 is 0. The van der Waals surface area contributed by atoms with Gasteiger partial charge in [-0.2, -0.15) is 0 Å². The molecule has 0 aromatic rings. The minimum atomic E-state index is -0.938. The summed E-state index contributed by atoms with van der Waals surface area (Å²) in [6.07, 6.45) is 6.70. The van der Waals surface area contributed by atoms with Crippen molar-refractivity contribution in [1.29, 1.82) is 0 Å². The average molecular weight is 380 g/mol. The summed E-state index contributed by atoms with van der Waals surface area (Å²) in [4.78, 5) is 37.2. The van der Waals surface area contributed by atoms with Crippen LogP contribution in [0.5, 0.6) is 0 Å². The highest BCUT2D eigenvalue weighted by molar-refractivity contribution is 5.94. The molecule has 152 valence electrons. The Balaban J connectivity index is 1.85. The Kier molecular flexibility index (Phi) is 7.83. The number of carbonyl (C=O) groups excluding carboxylic acids is 3. The van der Waals surface area contributed by atoms with E-state index in [1.165, 1.54) is 0 Å². The van der Waals surface area contributed by atoms with Crippen LogP contribution in [0.25, 0.3) is 0 Å². The molecule has 0 unspecified atom stereocenters. The summed E-state index contributed by atoms with van der Waals surface area (Å²) in [6.45, 7) is 6.22. The largest absolute Gasteiger partial charge is 0.464 e. The van der Waals surface area contributed by atoms with Crippen LogP contribution in [0.15, 0.2) is 12.7 Å². The maximum absolute atomic E-state index is 12.7. The van der Waals surface area contributed by atoms with E-state index in [2.05, 4.69) is 17.2 Å². The molecule has 2 saturated carbocycles. The highest BCUT2D eigenvalue weighted by atomic mass is 16.5. The first-order valence-electron chi connectivity index (χ1n) is 9.99. The second-order valence-electron chi connectivity index (χ2n) is 7.56. The predicted octanol–water partition coefficient (Wildman–Crippen LogP) is 1.45. The molecule has 0 aromatic carbocycles. The molecule has 0 bridgehead atoms. The van der Waals surface area contributed by atoms with Gasteiger partial charge in [0.2, 0.25) is 11.8 Å². The summed E-state index contributed by atoms with van der Waals surface area (Å²) in [6, 6.07) is 0. The van der Waals surface area contributed by atoms with Crippen LogP contribution in [0, 0.1) is 11.8 Å². The topological polar surface area (TPSA) is 105 Å². The van der Waals surface area contributed by atoms with Gasteiger partial charge in [0.1, 0.15) is 5.54 Å². The van der Waals surface area contributed by atoms with Crippen molar-refractivity contribution in [2.45, 2.75) is 69.9 Å². The van der Waals surface area contributed by atoms with E-state index in [9.17, 15) is 19.5 Å². The van der Waals surface area contributed by atoms with Crippen molar-refractivity contribution in [2.75, 3.05) is 13.2 Å². The van der Waals surface area contributed by atoms with Gasteiger partial charge in [0, 0.05) is 6.54 Å². The maximum atomic E-state index is 12.7. The van der Waals surface area contributed by atoms with Crippen molar-refractivity contribution in [3.05, 3.63) is 12.7 Å². The molecule has 2 fully saturated rings. The Labute approximate surface area is 160 Å². The lowest BCUT2D eigenvalue weighted by molar-refractivity contribution is -0.149. The van der Waals surface area contributed by atoms with Gasteiger partial charge in [-0.25, -0.2) is 4.79 Å². The number of rotatable bonds is 11. The van der Waals surface area contributed by atoms with E-state index in [0.717, 1.165) is 25.7 Å². The Morgan fingerprint density at radius 3 is 2.41 bits per heavy atom. The highest BCUT2D eigenvalue weighted by Crippen LogP contribution is 2.39. The molecule has 0 heterocycles. The van der Waals surface area contributed by atoms with Crippen LogP contribution in [0.1, 0.15) is 58.3 Å². The third-order valence-corrected chi connectivity index (χ3v) is 5.37. The van der Waals surface area contributed by atoms with Gasteiger partial charge in [-0.1, -0.05) is 12.5 Å². The van der Waals surface area contributed by atoms with E-state index >= 15 is 0 Å². The first-order chi connectivity index (χ1) is 12.9. The van der Waals surface area contributed by atoms with E-state index in [1.54, 1.807) is 6.92 Å². The molecule has 2 amide bonds. The smallest absolute Gasteiger partial charge is 0.331 e. The van der Waals surface area contributed by atoms with Gasteiger partial charge in [-0.05, 0) is 51.9 Å². The molecular formula is C20H32N2O5. The number of carbonyl (C=O) groups is 3. The molecule has 27 heavy (non-hydrogen) atoms. The van der Waals surface area contributed by atoms with Crippen LogP contribution in [-0.4, -0.2) is 47.7 Å². The molecule has 0 spiro atoms. The Hall–Kier alpha value is -1.89. The third-order valence-electron chi connectivity index (χ3n) is 5.37. The van der Waals surface area contributed by atoms with Gasteiger partial charge >= 0.3 is 5.97 Å². The van der Waals surface area contributed by atoms with E-state index in [-0.39, 0.29) is 31.3 Å². The van der Waals surface area contributed by atoms with Crippen LogP contribution in [0.4, 0.5) is 0 Å². The molecule has 0 aromatic heterocycles. The Morgan fingerprint density at radius 1 is 1.15 bits per heavy atom. The normalized spacial score (nSPS) is 25.5. The SMILES string of the molecule is C=CCCCCCNC(=O)[C@@H]1C[C@@H](O)C[C@H]1C(=O)NC1(C(=O)OCC)CC1. The third kappa shape index (κ3) is 5.79. The van der Waals surface area contributed by atoms with Gasteiger partial charge in [0.25, 0.3) is 0 Å². The molecule has 2 aliphatic carbocycles. The lowest BCUT2D eigenvalue weighted by Gasteiger charge is -2.22. The maximum Gasteiger partial charge on any atom is 0.331 e. The van der Waals surface area contributed by atoms with Crippen molar-refractivity contribution in [1.82, 2.24) is 10.6 Å². The van der Waals surface area contributed by atoms with Crippen molar-refractivity contribution in [3.8, 4) is 0 Å². The molecule has 0 aliphatic heterocycles. The van der Waals surface area contributed by atoms with E-state index in [4.69, 9.17) is 4.74 Å². The number of ether oxygens (including phenoxy) is 1. The number of allylic oxidation sites excluding steroid dienone is 1. The predicted molar refractivity (Wildman–Crippen MR) is 101 cm³/mol.